The Hall–Kier alpha value is -7.49. The Labute approximate surface area is 325 Å². The predicted octanol–water partition coefficient (Wildman–Crippen LogP) is 13.8. The lowest BCUT2D eigenvalue weighted by molar-refractivity contribution is 1.25. The highest BCUT2D eigenvalue weighted by molar-refractivity contribution is 6.17. The third-order valence-electron chi connectivity index (χ3n) is 11.2. The Morgan fingerprint density at radius 1 is 0.250 bits per heavy atom. The van der Waals surface area contributed by atoms with Crippen LogP contribution in [0.2, 0.25) is 0 Å². The molecule has 0 saturated heterocycles. The highest BCUT2D eigenvalue weighted by atomic mass is 14.8. The smallest absolute Gasteiger partial charge is 0.0886 e. The molecule has 0 atom stereocenters. The average Bonchev–Trinajstić information content (AvgIpc) is 3.79. The fourth-order valence-corrected chi connectivity index (χ4v) is 8.58. The van der Waals surface area contributed by atoms with Crippen LogP contribution in [-0.2, 0) is 0 Å². The molecule has 3 aromatic heterocycles. The highest BCUT2D eigenvalue weighted by Gasteiger charge is 2.23. The Kier molecular flexibility index (Phi) is 7.49. The summed E-state index contributed by atoms with van der Waals surface area (Å²) < 4.78 is 0. The van der Waals surface area contributed by atoms with Crippen molar-refractivity contribution in [2.45, 2.75) is 0 Å². The summed E-state index contributed by atoms with van der Waals surface area (Å²) in [6.45, 7) is 0. The molecule has 7 aromatic carbocycles. The number of pyridine rings is 3. The van der Waals surface area contributed by atoms with E-state index in [-0.39, 0.29) is 0 Å². The van der Waals surface area contributed by atoms with Gasteiger partial charge in [0.15, 0.2) is 0 Å². The molecule has 2 aliphatic carbocycles. The van der Waals surface area contributed by atoms with Crippen LogP contribution in [-0.4, -0.2) is 15.0 Å². The van der Waals surface area contributed by atoms with Gasteiger partial charge in [-0.05, 0) is 137 Å². The summed E-state index contributed by atoms with van der Waals surface area (Å²) in [6.07, 6.45) is 5.65. The zero-order valence-electron chi connectivity index (χ0n) is 30.4. The van der Waals surface area contributed by atoms with Crippen molar-refractivity contribution in [3.05, 3.63) is 201 Å². The number of nitrogens with zero attached hydrogens (tertiary/aromatic N) is 3. The van der Waals surface area contributed by atoms with Crippen LogP contribution in [0.1, 0.15) is 0 Å². The average molecular weight is 712 g/mol. The molecule has 0 saturated carbocycles. The fraction of sp³-hybridized carbons (Fsp3) is 0. The van der Waals surface area contributed by atoms with Crippen LogP contribution in [0.5, 0.6) is 0 Å². The summed E-state index contributed by atoms with van der Waals surface area (Å²) >= 11 is 0. The monoisotopic (exact) mass is 711 g/mol. The van der Waals surface area contributed by atoms with E-state index in [2.05, 4.69) is 167 Å². The SMILES string of the molecule is c1ccc(-c2cc(-c3cc4c5c(cccc5c3)-c3ccccc3-4)ccn2)cc1.c1ccc(-c2ccc(-c3cc4c5c(cccc5c3)-c3ccccc3-4)cn2)nc1. The quantitative estimate of drug-likeness (QED) is 0.182. The van der Waals surface area contributed by atoms with Gasteiger partial charge in [-0.25, -0.2) is 0 Å². The third kappa shape index (κ3) is 5.32. The van der Waals surface area contributed by atoms with E-state index in [4.69, 9.17) is 0 Å². The van der Waals surface area contributed by atoms with Crippen molar-refractivity contribution >= 4 is 21.5 Å². The summed E-state index contributed by atoms with van der Waals surface area (Å²) in [6, 6.07) is 64.5. The summed E-state index contributed by atoms with van der Waals surface area (Å²) in [7, 11) is 0. The van der Waals surface area contributed by atoms with Gasteiger partial charge in [0.05, 0.1) is 17.1 Å². The van der Waals surface area contributed by atoms with Gasteiger partial charge in [-0.15, -0.1) is 0 Å². The van der Waals surface area contributed by atoms with Crippen LogP contribution < -0.4 is 0 Å². The molecule has 3 heteroatoms. The first-order chi connectivity index (χ1) is 27.8. The first-order valence-corrected chi connectivity index (χ1v) is 19.0. The Morgan fingerprint density at radius 3 is 1.38 bits per heavy atom. The van der Waals surface area contributed by atoms with Gasteiger partial charge in [-0.1, -0.05) is 127 Å². The minimum atomic E-state index is 0.891. The number of aromatic nitrogens is 3. The van der Waals surface area contributed by atoms with E-state index >= 15 is 0 Å². The molecule has 0 unspecified atom stereocenters. The van der Waals surface area contributed by atoms with Gasteiger partial charge in [-0.3, -0.25) is 15.0 Å². The maximum atomic E-state index is 4.66. The van der Waals surface area contributed by atoms with Gasteiger partial charge < -0.3 is 0 Å². The molecule has 12 rings (SSSR count). The Morgan fingerprint density at radius 2 is 0.786 bits per heavy atom. The molecule has 0 bridgehead atoms. The van der Waals surface area contributed by atoms with E-state index in [0.29, 0.717) is 0 Å². The van der Waals surface area contributed by atoms with E-state index in [1.165, 1.54) is 82.7 Å². The molecule has 0 amide bonds. The summed E-state index contributed by atoms with van der Waals surface area (Å²) in [5, 5.41) is 5.28. The number of benzene rings is 7. The molecular formula is C53H33N3. The molecule has 260 valence electrons. The topological polar surface area (TPSA) is 38.7 Å². The van der Waals surface area contributed by atoms with Crippen LogP contribution in [0, 0.1) is 0 Å². The number of hydrogen-bond donors (Lipinski definition) is 0. The van der Waals surface area contributed by atoms with E-state index in [1.807, 2.05) is 42.7 Å². The van der Waals surface area contributed by atoms with E-state index < -0.39 is 0 Å². The second kappa shape index (κ2) is 13.1. The standard InChI is InChI=1S/C27H17N.C26H16N2/c1-2-7-18(8-3-1)26-17-19(13-14-28-26)21-15-20-9-6-12-24-22-10-4-5-11-23(22)25(16-21)27(20)24;1-2-8-21-20(7-1)22-9-5-6-17-14-19(15-23(21)26(17)22)18-11-12-25(28-16-18)24-10-3-4-13-27-24/h1-17H;1-16H. The second-order valence-electron chi connectivity index (χ2n) is 14.4. The van der Waals surface area contributed by atoms with Crippen molar-refractivity contribution in [3.8, 4) is 89.4 Å². The zero-order chi connectivity index (χ0) is 37.0. The van der Waals surface area contributed by atoms with Crippen molar-refractivity contribution in [2.75, 3.05) is 0 Å². The lowest BCUT2D eigenvalue weighted by atomic mass is 9.96. The second-order valence-corrected chi connectivity index (χ2v) is 14.4. The molecule has 10 aromatic rings. The first-order valence-electron chi connectivity index (χ1n) is 19.0. The van der Waals surface area contributed by atoms with Crippen molar-refractivity contribution in [1.29, 1.82) is 0 Å². The van der Waals surface area contributed by atoms with Crippen LogP contribution in [0.25, 0.3) is 111 Å². The first kappa shape index (κ1) is 32.0. The molecule has 0 N–H and O–H groups in total. The van der Waals surface area contributed by atoms with Gasteiger partial charge >= 0.3 is 0 Å². The molecule has 0 aliphatic heterocycles. The van der Waals surface area contributed by atoms with Gasteiger partial charge in [0.1, 0.15) is 0 Å². The number of rotatable bonds is 4. The van der Waals surface area contributed by atoms with Crippen molar-refractivity contribution in [1.82, 2.24) is 15.0 Å². The molecule has 56 heavy (non-hydrogen) atoms. The van der Waals surface area contributed by atoms with Crippen molar-refractivity contribution in [3.63, 3.8) is 0 Å². The summed E-state index contributed by atoms with van der Waals surface area (Å²) in [5.74, 6) is 0. The number of hydrogen-bond acceptors (Lipinski definition) is 3. The predicted molar refractivity (Wildman–Crippen MR) is 232 cm³/mol. The van der Waals surface area contributed by atoms with E-state index in [1.54, 1.807) is 6.20 Å². The molecular weight excluding hydrogens is 679 g/mol. The summed E-state index contributed by atoms with van der Waals surface area (Å²) in [5.41, 5.74) is 19.3. The molecule has 2 aliphatic rings. The van der Waals surface area contributed by atoms with Crippen LogP contribution >= 0.6 is 0 Å². The Balaban J connectivity index is 0.000000130. The maximum Gasteiger partial charge on any atom is 0.0886 e. The fourth-order valence-electron chi connectivity index (χ4n) is 8.58. The Bertz CT molecular complexity index is 3110. The highest BCUT2D eigenvalue weighted by Crippen LogP contribution is 2.50. The largest absolute Gasteiger partial charge is 0.256 e. The van der Waals surface area contributed by atoms with Crippen LogP contribution in [0.3, 0.4) is 0 Å². The van der Waals surface area contributed by atoms with Crippen LogP contribution in [0.4, 0.5) is 0 Å². The van der Waals surface area contributed by atoms with Crippen molar-refractivity contribution < 1.29 is 0 Å². The zero-order valence-corrected chi connectivity index (χ0v) is 30.4. The lowest BCUT2D eigenvalue weighted by Gasteiger charge is -2.09. The van der Waals surface area contributed by atoms with Gasteiger partial charge in [-0.2, -0.15) is 0 Å². The maximum absolute atomic E-state index is 4.66. The van der Waals surface area contributed by atoms with Gasteiger partial charge in [0.25, 0.3) is 0 Å². The minimum Gasteiger partial charge on any atom is -0.256 e. The molecule has 0 spiro atoms. The third-order valence-corrected chi connectivity index (χ3v) is 11.2. The van der Waals surface area contributed by atoms with Gasteiger partial charge in [0.2, 0.25) is 0 Å². The molecule has 3 heterocycles. The number of fused-ring (bicyclic) bond motifs is 6. The van der Waals surface area contributed by atoms with E-state index in [9.17, 15) is 0 Å². The molecule has 0 radical (unpaired) electrons. The molecule has 3 nitrogen and oxygen atoms in total. The molecule has 0 fully saturated rings. The van der Waals surface area contributed by atoms with Crippen molar-refractivity contribution in [2.24, 2.45) is 0 Å². The van der Waals surface area contributed by atoms with Gasteiger partial charge in [0, 0.05) is 29.7 Å². The minimum absolute atomic E-state index is 0.891. The van der Waals surface area contributed by atoms with Crippen LogP contribution in [0.15, 0.2) is 201 Å². The normalized spacial score (nSPS) is 11.6. The lowest BCUT2D eigenvalue weighted by Crippen LogP contribution is -1.88. The summed E-state index contributed by atoms with van der Waals surface area (Å²) in [4.78, 5) is 13.6. The van der Waals surface area contributed by atoms with E-state index in [0.717, 1.165) is 28.2 Å².